The van der Waals surface area contributed by atoms with Crippen LogP contribution in [0.2, 0.25) is 0 Å². The van der Waals surface area contributed by atoms with Crippen LogP contribution in [0.15, 0.2) is 54.7 Å². The van der Waals surface area contributed by atoms with Crippen molar-refractivity contribution in [2.24, 2.45) is 0 Å². The SMILES string of the molecule is CC(C)(C)c1ccc2[nH]cc(-c3ccccc3)c2c1. The second-order valence-electron chi connectivity index (χ2n) is 6.08. The Bertz CT molecular complexity index is 699. The molecule has 0 saturated carbocycles. The van der Waals surface area contributed by atoms with Gasteiger partial charge >= 0.3 is 0 Å². The molecule has 1 nitrogen and oxygen atoms in total. The Morgan fingerprint density at radius 2 is 1.63 bits per heavy atom. The van der Waals surface area contributed by atoms with Crippen molar-refractivity contribution >= 4 is 10.9 Å². The predicted molar refractivity (Wildman–Crippen MR) is 82.4 cm³/mol. The molecule has 2 aromatic carbocycles. The quantitative estimate of drug-likeness (QED) is 0.615. The van der Waals surface area contributed by atoms with E-state index in [-0.39, 0.29) is 5.41 Å². The maximum atomic E-state index is 3.37. The zero-order chi connectivity index (χ0) is 13.5. The van der Waals surface area contributed by atoms with Crippen LogP contribution in [-0.4, -0.2) is 4.98 Å². The molecule has 0 aliphatic heterocycles. The maximum absolute atomic E-state index is 3.37. The second kappa shape index (κ2) is 4.27. The summed E-state index contributed by atoms with van der Waals surface area (Å²) >= 11 is 0. The van der Waals surface area contributed by atoms with E-state index in [2.05, 4.69) is 80.5 Å². The summed E-state index contributed by atoms with van der Waals surface area (Å²) in [6.45, 7) is 6.76. The fraction of sp³-hybridized carbons (Fsp3) is 0.222. The van der Waals surface area contributed by atoms with E-state index in [1.807, 2.05) is 0 Å². The zero-order valence-electron chi connectivity index (χ0n) is 11.7. The van der Waals surface area contributed by atoms with E-state index in [1.54, 1.807) is 0 Å². The van der Waals surface area contributed by atoms with E-state index < -0.39 is 0 Å². The predicted octanol–water partition coefficient (Wildman–Crippen LogP) is 5.13. The molecular formula is C18H19N. The van der Waals surface area contributed by atoms with E-state index in [0.29, 0.717) is 0 Å². The zero-order valence-corrected chi connectivity index (χ0v) is 11.7. The Hall–Kier alpha value is -2.02. The van der Waals surface area contributed by atoms with Crippen molar-refractivity contribution in [2.75, 3.05) is 0 Å². The summed E-state index contributed by atoms with van der Waals surface area (Å²) in [5.74, 6) is 0. The number of aromatic nitrogens is 1. The van der Waals surface area contributed by atoms with Crippen molar-refractivity contribution in [3.8, 4) is 11.1 Å². The monoisotopic (exact) mass is 249 g/mol. The van der Waals surface area contributed by atoms with Gasteiger partial charge in [-0.3, -0.25) is 0 Å². The lowest BCUT2D eigenvalue weighted by Crippen LogP contribution is -2.10. The summed E-state index contributed by atoms with van der Waals surface area (Å²) in [5.41, 5.74) is 5.30. The van der Waals surface area contributed by atoms with Crippen molar-refractivity contribution < 1.29 is 0 Å². The van der Waals surface area contributed by atoms with Crippen molar-refractivity contribution in [1.29, 1.82) is 0 Å². The van der Waals surface area contributed by atoms with Gasteiger partial charge in [-0.25, -0.2) is 0 Å². The molecule has 0 aliphatic rings. The molecule has 0 radical (unpaired) electrons. The highest BCUT2D eigenvalue weighted by molar-refractivity contribution is 5.96. The summed E-state index contributed by atoms with van der Waals surface area (Å²) in [6.07, 6.45) is 2.10. The van der Waals surface area contributed by atoms with Crippen molar-refractivity contribution in [3.05, 3.63) is 60.3 Å². The Morgan fingerprint density at radius 1 is 0.895 bits per heavy atom. The van der Waals surface area contributed by atoms with Gasteiger partial charge in [-0.2, -0.15) is 0 Å². The lowest BCUT2D eigenvalue weighted by molar-refractivity contribution is 0.591. The second-order valence-corrected chi connectivity index (χ2v) is 6.08. The van der Waals surface area contributed by atoms with E-state index >= 15 is 0 Å². The van der Waals surface area contributed by atoms with E-state index in [4.69, 9.17) is 0 Å². The Kier molecular flexibility index (Phi) is 2.70. The van der Waals surface area contributed by atoms with Crippen LogP contribution in [-0.2, 0) is 5.41 Å². The number of aromatic amines is 1. The van der Waals surface area contributed by atoms with Crippen LogP contribution in [0.3, 0.4) is 0 Å². The summed E-state index contributed by atoms with van der Waals surface area (Å²) in [6, 6.07) is 17.3. The highest BCUT2D eigenvalue weighted by atomic mass is 14.7. The third kappa shape index (κ3) is 2.17. The summed E-state index contributed by atoms with van der Waals surface area (Å²) < 4.78 is 0. The normalized spacial score (nSPS) is 11.9. The number of hydrogen-bond acceptors (Lipinski definition) is 0. The first-order chi connectivity index (χ1) is 9.05. The van der Waals surface area contributed by atoms with Gasteiger partial charge in [0.2, 0.25) is 0 Å². The number of nitrogens with one attached hydrogen (secondary N) is 1. The molecule has 0 aliphatic carbocycles. The highest BCUT2D eigenvalue weighted by Crippen LogP contribution is 2.32. The molecule has 1 heteroatoms. The van der Waals surface area contributed by atoms with Crippen LogP contribution in [0, 0.1) is 0 Å². The topological polar surface area (TPSA) is 15.8 Å². The van der Waals surface area contributed by atoms with Gasteiger partial charge in [0.1, 0.15) is 0 Å². The third-order valence-corrected chi connectivity index (χ3v) is 3.63. The number of hydrogen-bond donors (Lipinski definition) is 1. The van der Waals surface area contributed by atoms with E-state index in [0.717, 1.165) is 0 Å². The molecule has 19 heavy (non-hydrogen) atoms. The van der Waals surface area contributed by atoms with Gasteiger partial charge in [0, 0.05) is 22.7 Å². The lowest BCUT2D eigenvalue weighted by atomic mass is 9.86. The van der Waals surface area contributed by atoms with E-state index in [1.165, 1.54) is 27.6 Å². The van der Waals surface area contributed by atoms with Gasteiger partial charge in [0.15, 0.2) is 0 Å². The Labute approximate surface area is 114 Å². The van der Waals surface area contributed by atoms with Gasteiger partial charge < -0.3 is 4.98 Å². The van der Waals surface area contributed by atoms with Crippen LogP contribution >= 0.6 is 0 Å². The highest BCUT2D eigenvalue weighted by Gasteiger charge is 2.15. The smallest absolute Gasteiger partial charge is 0.0460 e. The maximum Gasteiger partial charge on any atom is 0.0460 e. The first-order valence-electron chi connectivity index (χ1n) is 6.73. The fourth-order valence-corrected chi connectivity index (χ4v) is 2.44. The molecule has 0 spiro atoms. The Morgan fingerprint density at radius 3 is 2.32 bits per heavy atom. The van der Waals surface area contributed by atoms with Crippen molar-refractivity contribution in [3.63, 3.8) is 0 Å². The van der Waals surface area contributed by atoms with Crippen LogP contribution in [0.1, 0.15) is 26.3 Å². The first-order valence-corrected chi connectivity index (χ1v) is 6.73. The summed E-state index contributed by atoms with van der Waals surface area (Å²) in [4.78, 5) is 3.37. The average molecular weight is 249 g/mol. The van der Waals surface area contributed by atoms with Crippen molar-refractivity contribution in [2.45, 2.75) is 26.2 Å². The van der Waals surface area contributed by atoms with Crippen LogP contribution < -0.4 is 0 Å². The molecular weight excluding hydrogens is 230 g/mol. The van der Waals surface area contributed by atoms with Gasteiger partial charge in [-0.15, -0.1) is 0 Å². The molecule has 0 amide bonds. The minimum Gasteiger partial charge on any atom is -0.361 e. The van der Waals surface area contributed by atoms with Crippen LogP contribution in [0.4, 0.5) is 0 Å². The number of fused-ring (bicyclic) bond motifs is 1. The molecule has 0 bridgehead atoms. The molecule has 0 atom stereocenters. The minimum atomic E-state index is 0.180. The van der Waals surface area contributed by atoms with Gasteiger partial charge in [-0.05, 0) is 28.7 Å². The molecule has 96 valence electrons. The Balaban J connectivity index is 2.22. The van der Waals surface area contributed by atoms with Gasteiger partial charge in [0.05, 0.1) is 0 Å². The summed E-state index contributed by atoms with van der Waals surface area (Å²) in [5, 5.41) is 1.30. The number of benzene rings is 2. The summed E-state index contributed by atoms with van der Waals surface area (Å²) in [7, 11) is 0. The lowest BCUT2D eigenvalue weighted by Gasteiger charge is -2.19. The molecule has 1 heterocycles. The number of rotatable bonds is 1. The molecule has 0 fully saturated rings. The standard InChI is InChI=1S/C18H19N/c1-18(2,3)14-9-10-17-15(11-14)16(12-19-17)13-7-5-4-6-8-13/h4-12,19H,1-3H3. The molecule has 0 unspecified atom stereocenters. The largest absolute Gasteiger partial charge is 0.361 e. The van der Waals surface area contributed by atoms with Gasteiger partial charge in [0.25, 0.3) is 0 Å². The van der Waals surface area contributed by atoms with Gasteiger partial charge in [-0.1, -0.05) is 57.2 Å². The molecule has 1 aromatic heterocycles. The molecule has 0 saturated heterocycles. The minimum absolute atomic E-state index is 0.180. The third-order valence-electron chi connectivity index (χ3n) is 3.63. The van der Waals surface area contributed by atoms with E-state index in [9.17, 15) is 0 Å². The molecule has 3 rings (SSSR count). The molecule has 1 N–H and O–H groups in total. The average Bonchev–Trinajstić information content (AvgIpc) is 2.81. The van der Waals surface area contributed by atoms with Crippen molar-refractivity contribution in [1.82, 2.24) is 4.98 Å². The van der Waals surface area contributed by atoms with Crippen LogP contribution in [0.5, 0.6) is 0 Å². The molecule has 3 aromatic rings. The first kappa shape index (κ1) is 12.0. The van der Waals surface area contributed by atoms with Crippen LogP contribution in [0.25, 0.3) is 22.0 Å². The fourth-order valence-electron chi connectivity index (χ4n) is 2.44. The number of H-pyrrole nitrogens is 1.